The Morgan fingerprint density at radius 2 is 2.07 bits per heavy atom. The molecule has 0 aromatic heterocycles. The molecule has 0 aromatic carbocycles. The van der Waals surface area contributed by atoms with Gasteiger partial charge in [0.15, 0.2) is 0 Å². The van der Waals surface area contributed by atoms with E-state index in [0.717, 1.165) is 0 Å². The number of aliphatic imine (C=N–C) groups is 2. The normalized spacial score (nSPS) is 24.4. The van der Waals surface area contributed by atoms with Crippen molar-refractivity contribution in [3.63, 3.8) is 0 Å². The minimum Gasteiger partial charge on any atom is -0.471 e. The maximum atomic E-state index is 10.4. The summed E-state index contributed by atoms with van der Waals surface area (Å²) in [5, 5.41) is 28.9. The van der Waals surface area contributed by atoms with Crippen LogP contribution in [-0.4, -0.2) is 38.8 Å². The zero-order chi connectivity index (χ0) is 10.9. The predicted molar refractivity (Wildman–Crippen MR) is 40.3 cm³/mol. The Morgan fingerprint density at radius 1 is 1.50 bits per heavy atom. The van der Waals surface area contributed by atoms with E-state index < -0.39 is 27.4 Å². The molecule has 74 valence electrons. The summed E-state index contributed by atoms with van der Waals surface area (Å²) in [6.45, 7) is 0. The van der Waals surface area contributed by atoms with Gasteiger partial charge in [0.2, 0.25) is 0 Å². The highest BCUT2D eigenvalue weighted by atomic mass is 16.6. The topological polar surface area (TPSA) is 148 Å². The molecule has 14 heavy (non-hydrogen) atoms. The lowest BCUT2D eigenvalue weighted by atomic mass is 10.4. The van der Waals surface area contributed by atoms with E-state index in [1.165, 1.54) is 0 Å². The van der Waals surface area contributed by atoms with Gasteiger partial charge in [0.1, 0.15) is 11.1 Å². The van der Waals surface area contributed by atoms with E-state index in [1.807, 2.05) is 0 Å². The summed E-state index contributed by atoms with van der Waals surface area (Å²) in [7, 11) is 0. The average Bonchev–Trinajstić information content (AvgIpc) is 2.48. The van der Waals surface area contributed by atoms with Crippen molar-refractivity contribution in [3.05, 3.63) is 20.2 Å². The van der Waals surface area contributed by atoms with E-state index >= 15 is 0 Å². The van der Waals surface area contributed by atoms with Crippen LogP contribution in [0.5, 0.6) is 0 Å². The number of carboxylic acids is 1. The van der Waals surface area contributed by atoms with Crippen LogP contribution in [-0.2, 0) is 4.79 Å². The van der Waals surface area contributed by atoms with Crippen LogP contribution in [0, 0.1) is 20.2 Å². The second-order valence-corrected chi connectivity index (χ2v) is 2.18. The third kappa shape index (κ3) is 1.18. The van der Waals surface area contributed by atoms with Gasteiger partial charge in [-0.2, -0.15) is 4.99 Å². The Balaban J connectivity index is 3.21. The summed E-state index contributed by atoms with van der Waals surface area (Å²) in [6, 6.07) is 0. The van der Waals surface area contributed by atoms with Crippen LogP contribution in [0.4, 0.5) is 0 Å². The van der Waals surface area contributed by atoms with E-state index in [2.05, 4.69) is 9.98 Å². The minimum atomic E-state index is -3.00. The number of hydrogen-bond donors (Lipinski definition) is 1. The van der Waals surface area contributed by atoms with Gasteiger partial charge in [-0.1, -0.05) is 0 Å². The van der Waals surface area contributed by atoms with Crippen molar-refractivity contribution >= 4 is 18.0 Å². The Kier molecular flexibility index (Phi) is 1.96. The van der Waals surface area contributed by atoms with E-state index in [1.54, 1.807) is 0 Å². The fourth-order valence-corrected chi connectivity index (χ4v) is 0.722. The van der Waals surface area contributed by atoms with E-state index in [4.69, 9.17) is 5.11 Å². The van der Waals surface area contributed by atoms with Crippen molar-refractivity contribution in [2.45, 2.75) is 5.79 Å². The van der Waals surface area contributed by atoms with Crippen LogP contribution in [0.15, 0.2) is 9.98 Å². The standard InChI is InChI=1S/C4H2N4O6/c9-3(10)4(8(13)14)5-1-2(6-4)7(11)12/h1H,(H,9,10). The quantitative estimate of drug-likeness (QED) is 0.437. The highest BCUT2D eigenvalue weighted by Crippen LogP contribution is 2.18. The highest BCUT2D eigenvalue weighted by Gasteiger charge is 2.62. The molecular formula is C4H2N4O6. The zero-order valence-electron chi connectivity index (χ0n) is 6.35. The molecule has 1 unspecified atom stereocenters. The molecule has 10 nitrogen and oxygen atoms in total. The van der Waals surface area contributed by atoms with Crippen LogP contribution in [0.25, 0.3) is 0 Å². The Bertz CT molecular complexity index is 369. The van der Waals surface area contributed by atoms with Gasteiger partial charge in [0.05, 0.1) is 0 Å². The minimum absolute atomic E-state index is 0.441. The number of amidine groups is 1. The van der Waals surface area contributed by atoms with Crippen molar-refractivity contribution in [1.29, 1.82) is 0 Å². The number of carbonyl (C=O) groups is 1. The van der Waals surface area contributed by atoms with Gasteiger partial charge in [-0.25, -0.2) is 4.79 Å². The van der Waals surface area contributed by atoms with Gasteiger partial charge in [-0.3, -0.25) is 10.1 Å². The van der Waals surface area contributed by atoms with Gasteiger partial charge in [-0.15, -0.1) is 0 Å². The van der Waals surface area contributed by atoms with Gasteiger partial charge < -0.3 is 15.2 Å². The fourth-order valence-electron chi connectivity index (χ4n) is 0.722. The molecule has 1 aliphatic heterocycles. The van der Waals surface area contributed by atoms with Gasteiger partial charge in [0.25, 0.3) is 0 Å². The molecule has 0 bridgehead atoms. The number of hydrogen-bond acceptors (Lipinski definition) is 7. The summed E-state index contributed by atoms with van der Waals surface area (Å²) >= 11 is 0. The highest BCUT2D eigenvalue weighted by molar-refractivity contribution is 6.27. The summed E-state index contributed by atoms with van der Waals surface area (Å²) in [5.74, 6) is -5.93. The van der Waals surface area contributed by atoms with Crippen LogP contribution >= 0.6 is 0 Å². The molecule has 1 aliphatic rings. The first kappa shape index (κ1) is 9.70. The molecule has 0 saturated carbocycles. The molecule has 0 amide bonds. The predicted octanol–water partition coefficient (Wildman–Crippen LogP) is -1.24. The van der Waals surface area contributed by atoms with Crippen LogP contribution < -0.4 is 0 Å². The summed E-state index contributed by atoms with van der Waals surface area (Å²) in [5.41, 5.74) is 0. The van der Waals surface area contributed by atoms with Crippen LogP contribution in [0.2, 0.25) is 0 Å². The van der Waals surface area contributed by atoms with Gasteiger partial charge >= 0.3 is 17.6 Å². The van der Waals surface area contributed by atoms with Crippen molar-refractivity contribution in [2.24, 2.45) is 9.98 Å². The number of aliphatic carboxylic acids is 1. The first-order valence-corrected chi connectivity index (χ1v) is 3.07. The fraction of sp³-hybridized carbons (Fsp3) is 0.250. The lowest BCUT2D eigenvalue weighted by molar-refractivity contribution is -0.551. The molecule has 1 N–H and O–H groups in total. The lowest BCUT2D eigenvalue weighted by Crippen LogP contribution is -2.41. The maximum Gasteiger partial charge on any atom is 0.592 e. The zero-order valence-corrected chi connectivity index (χ0v) is 6.35. The smallest absolute Gasteiger partial charge is 0.471 e. The molecule has 0 radical (unpaired) electrons. The number of carboxylic acid groups (broad SMARTS) is 1. The molecular weight excluding hydrogens is 200 g/mol. The molecule has 10 heteroatoms. The Labute approximate surface area is 74.9 Å². The lowest BCUT2D eigenvalue weighted by Gasteiger charge is -2.00. The first-order chi connectivity index (χ1) is 6.40. The maximum absolute atomic E-state index is 10.4. The van der Waals surface area contributed by atoms with E-state index in [-0.39, 0.29) is 0 Å². The SMILES string of the molecule is O=C(O)C1([N+](=O)[O-])N=CC([N+](=O)[O-])=N1. The molecule has 0 saturated heterocycles. The average molecular weight is 202 g/mol. The van der Waals surface area contributed by atoms with Gasteiger partial charge in [0, 0.05) is 4.99 Å². The molecule has 0 spiro atoms. The van der Waals surface area contributed by atoms with Crippen LogP contribution in [0.1, 0.15) is 0 Å². The first-order valence-electron chi connectivity index (χ1n) is 3.07. The van der Waals surface area contributed by atoms with Crippen molar-refractivity contribution < 1.29 is 19.7 Å². The van der Waals surface area contributed by atoms with Crippen molar-refractivity contribution in [3.8, 4) is 0 Å². The largest absolute Gasteiger partial charge is 0.592 e. The number of rotatable bonds is 2. The Hall–Kier alpha value is -2.39. The molecule has 0 aromatic rings. The summed E-state index contributed by atoms with van der Waals surface area (Å²) in [4.78, 5) is 34.2. The monoisotopic (exact) mass is 202 g/mol. The van der Waals surface area contributed by atoms with Crippen LogP contribution in [0.3, 0.4) is 0 Å². The number of nitro groups is 2. The van der Waals surface area contributed by atoms with E-state index in [9.17, 15) is 25.0 Å². The Morgan fingerprint density at radius 3 is 2.29 bits per heavy atom. The second-order valence-electron chi connectivity index (χ2n) is 2.18. The molecule has 1 rings (SSSR count). The number of nitrogens with zero attached hydrogens (tertiary/aromatic N) is 4. The van der Waals surface area contributed by atoms with Crippen molar-refractivity contribution in [1.82, 2.24) is 0 Å². The third-order valence-electron chi connectivity index (χ3n) is 1.36. The van der Waals surface area contributed by atoms with Gasteiger partial charge in [-0.05, 0) is 4.92 Å². The van der Waals surface area contributed by atoms with E-state index in [0.29, 0.717) is 6.21 Å². The molecule has 1 heterocycles. The molecule has 0 fully saturated rings. The second kappa shape index (κ2) is 2.83. The summed E-state index contributed by atoms with van der Waals surface area (Å²) < 4.78 is 0. The third-order valence-corrected chi connectivity index (χ3v) is 1.36. The molecule has 0 aliphatic carbocycles. The molecule has 1 atom stereocenters. The summed E-state index contributed by atoms with van der Waals surface area (Å²) in [6.07, 6.45) is 0.441. The van der Waals surface area contributed by atoms with Crippen molar-refractivity contribution in [2.75, 3.05) is 0 Å².